The minimum absolute atomic E-state index is 0.111. The van der Waals surface area contributed by atoms with Gasteiger partial charge in [0.2, 0.25) is 0 Å². The van der Waals surface area contributed by atoms with Crippen molar-refractivity contribution in [3.63, 3.8) is 0 Å². The molecule has 0 bridgehead atoms. The van der Waals surface area contributed by atoms with E-state index in [1.165, 1.54) is 0 Å². The first kappa shape index (κ1) is 15.5. The maximum absolute atomic E-state index is 6.00. The Labute approximate surface area is 141 Å². The highest BCUT2D eigenvalue weighted by Crippen LogP contribution is 2.31. The van der Waals surface area contributed by atoms with Crippen molar-refractivity contribution in [3.05, 3.63) is 83.9 Å². The van der Waals surface area contributed by atoms with E-state index < -0.39 is 0 Å². The standard InChI is InChI=1S/C20H20O4/c1-3-7-15(8-4-1)13-21-19-12-11-17-18(23-19)14-22-20(24-17)16-9-5-2-6-10-16/h1-12,17-20H,13-14H2/t17-,18+,19-,20?/m0/s1. The van der Waals surface area contributed by atoms with Crippen LogP contribution in [0, 0.1) is 0 Å². The van der Waals surface area contributed by atoms with Crippen LogP contribution in [-0.2, 0) is 25.6 Å². The maximum atomic E-state index is 6.00. The molecule has 2 heterocycles. The van der Waals surface area contributed by atoms with Crippen molar-refractivity contribution < 1.29 is 18.9 Å². The predicted molar refractivity (Wildman–Crippen MR) is 89.0 cm³/mol. The molecule has 4 heteroatoms. The molecule has 1 unspecified atom stereocenters. The molecule has 0 radical (unpaired) electrons. The van der Waals surface area contributed by atoms with Crippen molar-refractivity contribution >= 4 is 0 Å². The molecule has 4 rings (SSSR count). The fraction of sp³-hybridized carbons (Fsp3) is 0.300. The van der Waals surface area contributed by atoms with Crippen LogP contribution in [0.15, 0.2) is 72.8 Å². The third-order valence-electron chi connectivity index (χ3n) is 4.15. The van der Waals surface area contributed by atoms with Crippen molar-refractivity contribution in [3.8, 4) is 0 Å². The fourth-order valence-corrected chi connectivity index (χ4v) is 2.88. The first-order valence-corrected chi connectivity index (χ1v) is 8.20. The zero-order valence-electron chi connectivity index (χ0n) is 13.3. The molecule has 0 aromatic heterocycles. The van der Waals surface area contributed by atoms with E-state index in [4.69, 9.17) is 18.9 Å². The van der Waals surface area contributed by atoms with E-state index in [0.717, 1.165) is 11.1 Å². The van der Waals surface area contributed by atoms with Gasteiger partial charge < -0.3 is 18.9 Å². The molecule has 4 atom stereocenters. The second-order valence-electron chi connectivity index (χ2n) is 5.90. The Morgan fingerprint density at radius 2 is 1.62 bits per heavy atom. The van der Waals surface area contributed by atoms with Gasteiger partial charge in [-0.05, 0) is 11.6 Å². The molecule has 0 aliphatic carbocycles. The average Bonchev–Trinajstić information content (AvgIpc) is 2.67. The smallest absolute Gasteiger partial charge is 0.184 e. The second-order valence-corrected chi connectivity index (χ2v) is 5.90. The molecule has 1 fully saturated rings. The lowest BCUT2D eigenvalue weighted by molar-refractivity contribution is -0.284. The molecule has 0 saturated carbocycles. The van der Waals surface area contributed by atoms with Gasteiger partial charge in [-0.25, -0.2) is 0 Å². The summed E-state index contributed by atoms with van der Waals surface area (Å²) in [5.41, 5.74) is 2.14. The highest BCUT2D eigenvalue weighted by atomic mass is 16.7. The number of fused-ring (bicyclic) bond motifs is 1. The molecule has 1 saturated heterocycles. The van der Waals surface area contributed by atoms with Crippen LogP contribution < -0.4 is 0 Å². The molecule has 2 aromatic carbocycles. The van der Waals surface area contributed by atoms with Gasteiger partial charge in [-0.15, -0.1) is 0 Å². The number of hydrogen-bond donors (Lipinski definition) is 0. The second kappa shape index (κ2) is 7.28. The summed E-state index contributed by atoms with van der Waals surface area (Å²) in [7, 11) is 0. The summed E-state index contributed by atoms with van der Waals surface area (Å²) in [4.78, 5) is 0. The summed E-state index contributed by atoms with van der Waals surface area (Å²) in [6.45, 7) is 1.00. The van der Waals surface area contributed by atoms with E-state index in [1.807, 2.05) is 72.8 Å². The number of hydrogen-bond acceptors (Lipinski definition) is 4. The van der Waals surface area contributed by atoms with E-state index in [1.54, 1.807) is 0 Å². The normalized spacial score (nSPS) is 29.2. The Hall–Kier alpha value is -1.98. The van der Waals surface area contributed by atoms with Gasteiger partial charge in [0.15, 0.2) is 12.6 Å². The Kier molecular flexibility index (Phi) is 4.71. The summed E-state index contributed by atoms with van der Waals surface area (Å²) in [5.74, 6) is 0. The summed E-state index contributed by atoms with van der Waals surface area (Å²) >= 11 is 0. The fourth-order valence-electron chi connectivity index (χ4n) is 2.88. The van der Waals surface area contributed by atoms with E-state index >= 15 is 0 Å². The molecular weight excluding hydrogens is 304 g/mol. The van der Waals surface area contributed by atoms with Crippen LogP contribution in [-0.4, -0.2) is 25.1 Å². The molecular formula is C20H20O4. The van der Waals surface area contributed by atoms with Crippen LogP contribution in [0.4, 0.5) is 0 Å². The van der Waals surface area contributed by atoms with Crippen LogP contribution >= 0.6 is 0 Å². The van der Waals surface area contributed by atoms with Crippen molar-refractivity contribution in [1.82, 2.24) is 0 Å². The monoisotopic (exact) mass is 324 g/mol. The summed E-state index contributed by atoms with van der Waals surface area (Å²) in [6.07, 6.45) is 2.96. The van der Waals surface area contributed by atoms with Crippen LogP contribution in [0.2, 0.25) is 0 Å². The Balaban J connectivity index is 1.35. The van der Waals surface area contributed by atoms with Gasteiger partial charge in [-0.1, -0.05) is 66.7 Å². The van der Waals surface area contributed by atoms with Crippen molar-refractivity contribution in [2.24, 2.45) is 0 Å². The molecule has 0 spiro atoms. The van der Waals surface area contributed by atoms with Gasteiger partial charge in [0.05, 0.1) is 13.2 Å². The summed E-state index contributed by atoms with van der Waals surface area (Å²) < 4.78 is 23.6. The third-order valence-corrected chi connectivity index (χ3v) is 4.15. The Morgan fingerprint density at radius 3 is 2.42 bits per heavy atom. The average molecular weight is 324 g/mol. The van der Waals surface area contributed by atoms with Gasteiger partial charge in [-0.2, -0.15) is 0 Å². The van der Waals surface area contributed by atoms with Crippen molar-refractivity contribution in [1.29, 1.82) is 0 Å². The quantitative estimate of drug-likeness (QED) is 0.805. The minimum Gasteiger partial charge on any atom is -0.346 e. The lowest BCUT2D eigenvalue weighted by Gasteiger charge is -2.38. The number of rotatable bonds is 4. The lowest BCUT2D eigenvalue weighted by Crippen LogP contribution is -2.45. The largest absolute Gasteiger partial charge is 0.346 e. The van der Waals surface area contributed by atoms with Crippen LogP contribution in [0.3, 0.4) is 0 Å². The molecule has 24 heavy (non-hydrogen) atoms. The number of ether oxygens (including phenoxy) is 4. The number of benzene rings is 2. The van der Waals surface area contributed by atoms with Gasteiger partial charge >= 0.3 is 0 Å². The summed E-state index contributed by atoms with van der Waals surface area (Å²) in [6, 6.07) is 20.0. The molecule has 4 nitrogen and oxygen atoms in total. The van der Waals surface area contributed by atoms with Gasteiger partial charge in [0, 0.05) is 5.56 Å². The molecule has 2 aliphatic rings. The van der Waals surface area contributed by atoms with E-state index in [0.29, 0.717) is 13.2 Å². The van der Waals surface area contributed by atoms with Crippen LogP contribution in [0.25, 0.3) is 0 Å². The molecule has 0 amide bonds. The summed E-state index contributed by atoms with van der Waals surface area (Å²) in [5, 5.41) is 0. The third kappa shape index (κ3) is 3.57. The highest BCUT2D eigenvalue weighted by Gasteiger charge is 2.35. The van der Waals surface area contributed by atoms with E-state index in [-0.39, 0.29) is 24.8 Å². The molecule has 2 aliphatic heterocycles. The van der Waals surface area contributed by atoms with Gasteiger partial charge in [0.1, 0.15) is 12.2 Å². The van der Waals surface area contributed by atoms with Gasteiger partial charge in [0.25, 0.3) is 0 Å². The van der Waals surface area contributed by atoms with Crippen molar-refractivity contribution in [2.75, 3.05) is 6.61 Å². The topological polar surface area (TPSA) is 36.9 Å². The zero-order valence-corrected chi connectivity index (χ0v) is 13.3. The SMILES string of the molecule is C1=C[C@@H]2OC(c3ccccc3)OC[C@H]2O[C@@H]1OCc1ccccc1. The van der Waals surface area contributed by atoms with Crippen LogP contribution in [0.5, 0.6) is 0 Å². The minimum atomic E-state index is -0.369. The first-order valence-electron chi connectivity index (χ1n) is 8.20. The first-order chi connectivity index (χ1) is 11.9. The van der Waals surface area contributed by atoms with E-state index in [2.05, 4.69) is 0 Å². The Bertz CT molecular complexity index is 671. The Morgan fingerprint density at radius 1 is 0.875 bits per heavy atom. The predicted octanol–water partition coefficient (Wildman–Crippen LogP) is 3.60. The highest BCUT2D eigenvalue weighted by molar-refractivity contribution is 5.17. The van der Waals surface area contributed by atoms with Gasteiger partial charge in [-0.3, -0.25) is 0 Å². The zero-order chi connectivity index (χ0) is 16.2. The van der Waals surface area contributed by atoms with Crippen molar-refractivity contribution in [2.45, 2.75) is 31.4 Å². The lowest BCUT2D eigenvalue weighted by atomic mass is 10.1. The van der Waals surface area contributed by atoms with Crippen LogP contribution in [0.1, 0.15) is 17.4 Å². The molecule has 0 N–H and O–H groups in total. The maximum Gasteiger partial charge on any atom is 0.184 e. The van der Waals surface area contributed by atoms with E-state index in [9.17, 15) is 0 Å². The molecule has 124 valence electrons. The molecule has 2 aromatic rings.